The molecule has 1 N–H and O–H groups in total. The van der Waals surface area contributed by atoms with Crippen LogP contribution in [0.15, 0.2) is 36.5 Å². The van der Waals surface area contributed by atoms with E-state index in [4.69, 9.17) is 0 Å². The van der Waals surface area contributed by atoms with Crippen molar-refractivity contribution in [1.29, 1.82) is 5.26 Å². The standard InChI is InChI=1S/C20H19FN4O/c21-17-11-16(17)20(26)24-19-10-14(5-6-23-19)13-3-4-18(15(9-13)12-22)25-7-1-2-8-25/h3-6,9-10,16-17H,1-2,7-8,11H2,(H,23,24,26). The average molecular weight is 350 g/mol. The molecule has 26 heavy (non-hydrogen) atoms. The van der Waals surface area contributed by atoms with E-state index in [9.17, 15) is 14.4 Å². The maximum atomic E-state index is 13.0. The van der Waals surface area contributed by atoms with Crippen LogP contribution >= 0.6 is 0 Å². The van der Waals surface area contributed by atoms with Crippen LogP contribution in [0.3, 0.4) is 0 Å². The van der Waals surface area contributed by atoms with Gasteiger partial charge in [0.2, 0.25) is 5.91 Å². The zero-order valence-electron chi connectivity index (χ0n) is 14.3. The largest absolute Gasteiger partial charge is 0.370 e. The first kappa shape index (κ1) is 16.5. The minimum atomic E-state index is -1.03. The Balaban J connectivity index is 1.58. The molecule has 2 aromatic rings. The molecule has 2 fully saturated rings. The number of carbonyl (C=O) groups is 1. The number of nitrogens with zero attached hydrogens (tertiary/aromatic N) is 3. The number of hydrogen-bond acceptors (Lipinski definition) is 4. The van der Waals surface area contributed by atoms with E-state index in [1.165, 1.54) is 0 Å². The molecular formula is C20H19FN4O. The maximum Gasteiger partial charge on any atom is 0.231 e. The molecule has 5 nitrogen and oxygen atoms in total. The number of anilines is 2. The second-order valence-corrected chi connectivity index (χ2v) is 6.82. The fourth-order valence-corrected chi connectivity index (χ4v) is 3.37. The summed E-state index contributed by atoms with van der Waals surface area (Å²) in [6, 6.07) is 11.7. The molecular weight excluding hydrogens is 331 g/mol. The summed E-state index contributed by atoms with van der Waals surface area (Å²) in [7, 11) is 0. The number of hydrogen-bond donors (Lipinski definition) is 1. The summed E-state index contributed by atoms with van der Waals surface area (Å²) in [5.41, 5.74) is 3.36. The number of carbonyl (C=O) groups excluding carboxylic acids is 1. The van der Waals surface area contributed by atoms with Crippen LogP contribution in [-0.2, 0) is 4.79 Å². The van der Waals surface area contributed by atoms with Gasteiger partial charge >= 0.3 is 0 Å². The second kappa shape index (κ2) is 6.75. The van der Waals surface area contributed by atoms with Gasteiger partial charge in [-0.3, -0.25) is 4.79 Å². The average Bonchev–Trinajstić information content (AvgIpc) is 3.17. The lowest BCUT2D eigenvalue weighted by atomic mass is 10.0. The van der Waals surface area contributed by atoms with Crippen LogP contribution in [0.1, 0.15) is 24.8 Å². The molecule has 1 saturated carbocycles. The van der Waals surface area contributed by atoms with E-state index in [1.807, 2.05) is 24.3 Å². The van der Waals surface area contributed by atoms with Crippen LogP contribution in [0, 0.1) is 17.2 Å². The molecule has 6 heteroatoms. The number of alkyl halides is 1. The minimum absolute atomic E-state index is 0.287. The van der Waals surface area contributed by atoms with Crippen molar-refractivity contribution < 1.29 is 9.18 Å². The lowest BCUT2D eigenvalue weighted by Gasteiger charge is -2.19. The zero-order valence-corrected chi connectivity index (χ0v) is 14.3. The highest BCUT2D eigenvalue weighted by molar-refractivity contribution is 5.94. The topological polar surface area (TPSA) is 69.0 Å². The number of aromatic nitrogens is 1. The highest BCUT2D eigenvalue weighted by Gasteiger charge is 2.43. The Labute approximate surface area is 151 Å². The lowest BCUT2D eigenvalue weighted by molar-refractivity contribution is -0.117. The van der Waals surface area contributed by atoms with Gasteiger partial charge in [0.05, 0.1) is 17.2 Å². The van der Waals surface area contributed by atoms with E-state index in [-0.39, 0.29) is 12.3 Å². The van der Waals surface area contributed by atoms with Gasteiger partial charge < -0.3 is 10.2 Å². The fraction of sp³-hybridized carbons (Fsp3) is 0.350. The van der Waals surface area contributed by atoms with E-state index in [0.29, 0.717) is 11.4 Å². The van der Waals surface area contributed by atoms with Crippen molar-refractivity contribution in [2.24, 2.45) is 5.92 Å². The molecule has 132 valence electrons. The number of rotatable bonds is 4. The summed E-state index contributed by atoms with van der Waals surface area (Å²) in [6.07, 6.45) is 3.16. The van der Waals surface area contributed by atoms with E-state index in [0.717, 1.165) is 42.7 Å². The molecule has 1 aliphatic heterocycles. The van der Waals surface area contributed by atoms with Crippen LogP contribution in [0.4, 0.5) is 15.9 Å². The Morgan fingerprint density at radius 1 is 1.23 bits per heavy atom. The molecule has 0 spiro atoms. The summed E-state index contributed by atoms with van der Waals surface area (Å²) < 4.78 is 13.0. The minimum Gasteiger partial charge on any atom is -0.370 e. The van der Waals surface area contributed by atoms with Crippen molar-refractivity contribution in [3.8, 4) is 17.2 Å². The van der Waals surface area contributed by atoms with Crippen LogP contribution in [-0.4, -0.2) is 30.2 Å². The Morgan fingerprint density at radius 3 is 2.65 bits per heavy atom. The van der Waals surface area contributed by atoms with Crippen molar-refractivity contribution in [3.05, 3.63) is 42.1 Å². The summed E-state index contributed by atoms with van der Waals surface area (Å²) in [6.45, 7) is 1.96. The van der Waals surface area contributed by atoms with Gasteiger partial charge in [-0.15, -0.1) is 0 Å². The van der Waals surface area contributed by atoms with Crippen molar-refractivity contribution in [2.75, 3.05) is 23.3 Å². The van der Waals surface area contributed by atoms with Gasteiger partial charge in [-0.2, -0.15) is 5.26 Å². The predicted octanol–water partition coefficient (Wildman–Crippen LogP) is 3.52. The number of amides is 1. The van der Waals surface area contributed by atoms with Gasteiger partial charge in [0.25, 0.3) is 0 Å². The Bertz CT molecular complexity index is 886. The van der Waals surface area contributed by atoms with Crippen molar-refractivity contribution in [3.63, 3.8) is 0 Å². The van der Waals surface area contributed by atoms with Crippen LogP contribution < -0.4 is 10.2 Å². The van der Waals surface area contributed by atoms with Crippen LogP contribution in [0.25, 0.3) is 11.1 Å². The Kier molecular flexibility index (Phi) is 4.29. The predicted molar refractivity (Wildman–Crippen MR) is 97.5 cm³/mol. The van der Waals surface area contributed by atoms with Gasteiger partial charge in [0.1, 0.15) is 18.1 Å². The first-order valence-electron chi connectivity index (χ1n) is 8.86. The van der Waals surface area contributed by atoms with Gasteiger partial charge in [0.15, 0.2) is 0 Å². The second-order valence-electron chi connectivity index (χ2n) is 6.82. The van der Waals surface area contributed by atoms with Crippen LogP contribution in [0.2, 0.25) is 0 Å². The number of nitriles is 1. The zero-order chi connectivity index (χ0) is 18.1. The summed E-state index contributed by atoms with van der Waals surface area (Å²) in [5.74, 6) is -0.483. The number of halogens is 1. The van der Waals surface area contributed by atoms with Crippen molar-refractivity contribution >= 4 is 17.4 Å². The summed E-state index contributed by atoms with van der Waals surface area (Å²) >= 11 is 0. The Morgan fingerprint density at radius 2 is 1.96 bits per heavy atom. The van der Waals surface area contributed by atoms with E-state index in [2.05, 4.69) is 21.3 Å². The summed E-state index contributed by atoms with van der Waals surface area (Å²) in [4.78, 5) is 18.3. The normalized spacial score (nSPS) is 21.3. The van der Waals surface area contributed by atoms with E-state index in [1.54, 1.807) is 12.3 Å². The molecule has 2 aliphatic rings. The number of benzene rings is 1. The van der Waals surface area contributed by atoms with E-state index < -0.39 is 12.1 Å². The fourth-order valence-electron chi connectivity index (χ4n) is 3.37. The third-order valence-corrected chi connectivity index (χ3v) is 4.96. The van der Waals surface area contributed by atoms with Gasteiger partial charge in [-0.1, -0.05) is 6.07 Å². The third-order valence-electron chi connectivity index (χ3n) is 4.96. The van der Waals surface area contributed by atoms with Crippen molar-refractivity contribution in [1.82, 2.24) is 4.98 Å². The molecule has 1 saturated heterocycles. The molecule has 2 unspecified atom stereocenters. The molecule has 1 aromatic carbocycles. The van der Waals surface area contributed by atoms with E-state index >= 15 is 0 Å². The molecule has 1 aromatic heterocycles. The smallest absolute Gasteiger partial charge is 0.231 e. The van der Waals surface area contributed by atoms with Gasteiger partial charge in [0, 0.05) is 19.3 Å². The molecule has 0 bridgehead atoms. The van der Waals surface area contributed by atoms with Gasteiger partial charge in [-0.05, 0) is 54.7 Å². The SMILES string of the molecule is N#Cc1cc(-c2ccnc(NC(=O)C3CC3F)c2)ccc1N1CCCC1. The number of nitrogens with one attached hydrogen (secondary N) is 1. The highest BCUT2D eigenvalue weighted by atomic mass is 19.1. The quantitative estimate of drug-likeness (QED) is 0.916. The molecule has 1 aliphatic carbocycles. The number of pyridine rings is 1. The monoisotopic (exact) mass is 350 g/mol. The molecule has 4 rings (SSSR count). The first-order valence-corrected chi connectivity index (χ1v) is 8.86. The maximum absolute atomic E-state index is 13.0. The third kappa shape index (κ3) is 3.25. The van der Waals surface area contributed by atoms with Crippen LogP contribution in [0.5, 0.6) is 0 Å². The lowest BCUT2D eigenvalue weighted by Crippen LogP contribution is -2.18. The summed E-state index contributed by atoms with van der Waals surface area (Å²) in [5, 5.41) is 12.2. The highest BCUT2D eigenvalue weighted by Crippen LogP contribution is 2.35. The first-order chi connectivity index (χ1) is 12.7. The molecule has 2 atom stereocenters. The molecule has 1 amide bonds. The molecule has 2 heterocycles. The van der Waals surface area contributed by atoms with Gasteiger partial charge in [-0.25, -0.2) is 9.37 Å². The molecule has 0 radical (unpaired) electrons. The van der Waals surface area contributed by atoms with Crippen molar-refractivity contribution in [2.45, 2.75) is 25.4 Å². The Hall–Kier alpha value is -2.94.